The van der Waals surface area contributed by atoms with E-state index in [2.05, 4.69) is 9.88 Å². The molecule has 3 heteroatoms. The van der Waals surface area contributed by atoms with E-state index < -0.39 is 0 Å². The maximum Gasteiger partial charge on any atom is 0.128 e. The van der Waals surface area contributed by atoms with Crippen molar-refractivity contribution in [2.45, 2.75) is 32.8 Å². The molecule has 0 saturated carbocycles. The highest BCUT2D eigenvalue weighted by Gasteiger charge is 2.12. The molecule has 2 rings (SSSR count). The highest BCUT2D eigenvalue weighted by atomic mass is 16.3. The lowest BCUT2D eigenvalue weighted by Crippen LogP contribution is -2.30. The second kappa shape index (κ2) is 4.62. The molecule has 1 N–H and O–H groups in total. The zero-order valence-corrected chi connectivity index (χ0v) is 9.24. The molecule has 82 valence electrons. The Bertz CT molecular complexity index is 332. The van der Waals surface area contributed by atoms with Crippen molar-refractivity contribution in [3.05, 3.63) is 23.4 Å². The van der Waals surface area contributed by atoms with E-state index in [9.17, 15) is 0 Å². The summed E-state index contributed by atoms with van der Waals surface area (Å²) in [5.74, 6) is 1.06. The lowest BCUT2D eigenvalue weighted by Gasteiger charge is -2.28. The van der Waals surface area contributed by atoms with Crippen LogP contribution in [0, 0.1) is 6.92 Å². The lowest BCUT2D eigenvalue weighted by molar-refractivity contribution is 0.280. The van der Waals surface area contributed by atoms with Gasteiger partial charge in [0, 0.05) is 18.8 Å². The van der Waals surface area contributed by atoms with Gasteiger partial charge >= 0.3 is 0 Å². The molecular formula is C12H18N2O. The number of aliphatic hydroxyl groups is 1. The number of aliphatic hydroxyl groups excluding tert-OH is 1. The Kier molecular flexibility index (Phi) is 3.21. The molecule has 3 nitrogen and oxygen atoms in total. The number of pyridine rings is 1. The average molecular weight is 206 g/mol. The molecule has 1 aliphatic heterocycles. The second-order valence-corrected chi connectivity index (χ2v) is 4.12. The zero-order chi connectivity index (χ0) is 10.7. The molecule has 1 saturated heterocycles. The minimum atomic E-state index is 0.0825. The van der Waals surface area contributed by atoms with Crippen molar-refractivity contribution in [2.24, 2.45) is 0 Å². The summed E-state index contributed by atoms with van der Waals surface area (Å²) in [5.41, 5.74) is 1.87. The van der Waals surface area contributed by atoms with Crippen molar-refractivity contribution in [3.8, 4) is 0 Å². The van der Waals surface area contributed by atoms with E-state index in [1.165, 1.54) is 19.3 Å². The first-order valence-electron chi connectivity index (χ1n) is 5.63. The molecule has 0 radical (unpaired) electrons. The van der Waals surface area contributed by atoms with Crippen LogP contribution in [0.5, 0.6) is 0 Å². The standard InChI is InChI=1S/C12H18N2O/c1-10-11(9-15)5-6-12(13-10)14-7-3-2-4-8-14/h5-6,15H,2-4,7-9H2,1H3. The molecule has 15 heavy (non-hydrogen) atoms. The Morgan fingerprint density at radius 2 is 2.00 bits per heavy atom. The summed E-state index contributed by atoms with van der Waals surface area (Å²) in [4.78, 5) is 6.86. The third kappa shape index (κ3) is 2.29. The van der Waals surface area contributed by atoms with Crippen LogP contribution in [0.3, 0.4) is 0 Å². The van der Waals surface area contributed by atoms with Crippen LogP contribution in [0.2, 0.25) is 0 Å². The van der Waals surface area contributed by atoms with Gasteiger partial charge in [-0.3, -0.25) is 0 Å². The van der Waals surface area contributed by atoms with Gasteiger partial charge < -0.3 is 10.0 Å². The maximum atomic E-state index is 9.07. The van der Waals surface area contributed by atoms with E-state index in [1.54, 1.807) is 0 Å². The molecule has 1 aromatic heterocycles. The van der Waals surface area contributed by atoms with Crippen LogP contribution < -0.4 is 4.90 Å². The first kappa shape index (κ1) is 10.4. The molecule has 0 spiro atoms. The second-order valence-electron chi connectivity index (χ2n) is 4.12. The van der Waals surface area contributed by atoms with Crippen molar-refractivity contribution < 1.29 is 5.11 Å². The van der Waals surface area contributed by atoms with Crippen LogP contribution >= 0.6 is 0 Å². The van der Waals surface area contributed by atoms with Gasteiger partial charge in [-0.1, -0.05) is 6.07 Å². The van der Waals surface area contributed by atoms with E-state index in [4.69, 9.17) is 5.11 Å². The van der Waals surface area contributed by atoms with Crippen LogP contribution in [-0.2, 0) is 6.61 Å². The summed E-state index contributed by atoms with van der Waals surface area (Å²) in [6.07, 6.45) is 3.87. The Hall–Kier alpha value is -1.09. The van der Waals surface area contributed by atoms with Gasteiger partial charge in [0.2, 0.25) is 0 Å². The topological polar surface area (TPSA) is 36.4 Å². The molecule has 1 aliphatic rings. The number of rotatable bonds is 2. The summed E-state index contributed by atoms with van der Waals surface area (Å²) in [6, 6.07) is 4.00. The predicted octanol–water partition coefficient (Wildman–Crippen LogP) is 1.87. The van der Waals surface area contributed by atoms with Gasteiger partial charge in [-0.2, -0.15) is 0 Å². The van der Waals surface area contributed by atoms with E-state index in [1.807, 2.05) is 19.1 Å². The Labute approximate surface area is 90.8 Å². The maximum absolute atomic E-state index is 9.07. The number of aromatic nitrogens is 1. The van der Waals surface area contributed by atoms with Crippen LogP contribution in [0.4, 0.5) is 5.82 Å². The molecule has 0 aliphatic carbocycles. The largest absolute Gasteiger partial charge is 0.392 e. The summed E-state index contributed by atoms with van der Waals surface area (Å²) >= 11 is 0. The molecule has 0 amide bonds. The van der Waals surface area contributed by atoms with Gasteiger partial charge in [0.05, 0.1) is 6.61 Å². The van der Waals surface area contributed by atoms with E-state index >= 15 is 0 Å². The Morgan fingerprint density at radius 3 is 2.60 bits per heavy atom. The van der Waals surface area contributed by atoms with Crippen LogP contribution in [0.25, 0.3) is 0 Å². The van der Waals surface area contributed by atoms with Crippen LogP contribution in [0.1, 0.15) is 30.5 Å². The third-order valence-electron chi connectivity index (χ3n) is 3.03. The molecule has 0 atom stereocenters. The Balaban J connectivity index is 2.17. The van der Waals surface area contributed by atoms with E-state index in [0.717, 1.165) is 30.2 Å². The van der Waals surface area contributed by atoms with Crippen LogP contribution in [-0.4, -0.2) is 23.2 Å². The normalized spacial score (nSPS) is 16.8. The van der Waals surface area contributed by atoms with Gasteiger partial charge in [-0.25, -0.2) is 4.98 Å². The summed E-state index contributed by atoms with van der Waals surface area (Å²) < 4.78 is 0. The van der Waals surface area contributed by atoms with Crippen molar-refractivity contribution in [3.63, 3.8) is 0 Å². The van der Waals surface area contributed by atoms with Gasteiger partial charge in [0.1, 0.15) is 5.82 Å². The highest BCUT2D eigenvalue weighted by molar-refractivity contribution is 5.41. The molecule has 0 unspecified atom stereocenters. The smallest absolute Gasteiger partial charge is 0.128 e. The third-order valence-corrected chi connectivity index (χ3v) is 3.03. The number of aryl methyl sites for hydroxylation is 1. The molecular weight excluding hydrogens is 188 g/mol. The summed E-state index contributed by atoms with van der Waals surface area (Å²) in [7, 11) is 0. The number of hydrogen-bond acceptors (Lipinski definition) is 3. The minimum absolute atomic E-state index is 0.0825. The van der Waals surface area contributed by atoms with Crippen molar-refractivity contribution >= 4 is 5.82 Å². The SMILES string of the molecule is Cc1nc(N2CCCCC2)ccc1CO. The quantitative estimate of drug-likeness (QED) is 0.802. The van der Waals surface area contributed by atoms with Gasteiger partial charge in [0.15, 0.2) is 0 Å². The molecule has 1 fully saturated rings. The molecule has 2 heterocycles. The Morgan fingerprint density at radius 1 is 1.27 bits per heavy atom. The van der Waals surface area contributed by atoms with Gasteiger partial charge in [-0.05, 0) is 37.8 Å². The number of piperidine rings is 1. The fraction of sp³-hybridized carbons (Fsp3) is 0.583. The average Bonchev–Trinajstić information content (AvgIpc) is 2.30. The van der Waals surface area contributed by atoms with Gasteiger partial charge in [0.25, 0.3) is 0 Å². The highest BCUT2D eigenvalue weighted by Crippen LogP contribution is 2.19. The molecule has 1 aromatic rings. The summed E-state index contributed by atoms with van der Waals surface area (Å²) in [5, 5.41) is 9.07. The van der Waals surface area contributed by atoms with Gasteiger partial charge in [-0.15, -0.1) is 0 Å². The fourth-order valence-electron chi connectivity index (χ4n) is 2.04. The number of anilines is 1. The fourth-order valence-corrected chi connectivity index (χ4v) is 2.04. The van der Waals surface area contributed by atoms with E-state index in [-0.39, 0.29) is 6.61 Å². The monoisotopic (exact) mass is 206 g/mol. The van der Waals surface area contributed by atoms with Crippen molar-refractivity contribution in [1.82, 2.24) is 4.98 Å². The minimum Gasteiger partial charge on any atom is -0.392 e. The van der Waals surface area contributed by atoms with Crippen LogP contribution in [0.15, 0.2) is 12.1 Å². The van der Waals surface area contributed by atoms with Crippen molar-refractivity contribution in [2.75, 3.05) is 18.0 Å². The predicted molar refractivity (Wildman–Crippen MR) is 61.0 cm³/mol. The van der Waals surface area contributed by atoms with Crippen molar-refractivity contribution in [1.29, 1.82) is 0 Å². The lowest BCUT2D eigenvalue weighted by atomic mass is 10.1. The number of nitrogens with zero attached hydrogens (tertiary/aromatic N) is 2. The first-order valence-corrected chi connectivity index (χ1v) is 5.63. The molecule has 0 bridgehead atoms. The zero-order valence-electron chi connectivity index (χ0n) is 9.24. The number of hydrogen-bond donors (Lipinski definition) is 1. The summed E-state index contributed by atoms with van der Waals surface area (Å²) in [6.45, 7) is 4.27. The first-order chi connectivity index (χ1) is 7.31. The van der Waals surface area contributed by atoms with E-state index in [0.29, 0.717) is 0 Å². The molecule has 0 aromatic carbocycles.